The molecule has 1 heterocycles. The van der Waals surface area contributed by atoms with Gasteiger partial charge in [0.1, 0.15) is 5.82 Å². The Kier molecular flexibility index (Phi) is 5.37. The number of fused-ring (bicyclic) bond motifs is 1. The summed E-state index contributed by atoms with van der Waals surface area (Å²) >= 11 is 0. The van der Waals surface area contributed by atoms with Gasteiger partial charge in [-0.05, 0) is 67.4 Å². The van der Waals surface area contributed by atoms with E-state index in [4.69, 9.17) is 4.74 Å². The first-order chi connectivity index (χ1) is 13.1. The first kappa shape index (κ1) is 18.3. The van der Waals surface area contributed by atoms with Gasteiger partial charge in [-0.15, -0.1) is 0 Å². The van der Waals surface area contributed by atoms with E-state index in [0.717, 1.165) is 42.5 Å². The van der Waals surface area contributed by atoms with E-state index in [1.54, 1.807) is 19.4 Å². The number of halogens is 1. The number of benzene rings is 1. The third kappa shape index (κ3) is 3.97. The van der Waals surface area contributed by atoms with Crippen LogP contribution >= 0.6 is 0 Å². The second-order valence-electron chi connectivity index (χ2n) is 7.82. The molecule has 2 saturated carbocycles. The number of methoxy groups -OCH3 is 1. The van der Waals surface area contributed by atoms with E-state index in [0.29, 0.717) is 17.8 Å². The van der Waals surface area contributed by atoms with Gasteiger partial charge in [-0.25, -0.2) is 4.39 Å². The maximum atomic E-state index is 13.4. The Hall–Kier alpha value is -2.04. The van der Waals surface area contributed by atoms with Crippen LogP contribution in [0.3, 0.4) is 0 Å². The number of ether oxygens (including phenoxy) is 1. The fourth-order valence-corrected chi connectivity index (χ4v) is 4.84. The quantitative estimate of drug-likeness (QED) is 0.851. The highest BCUT2D eigenvalue weighted by atomic mass is 19.1. The number of aliphatic hydroxyl groups excluding tert-OH is 1. The molecule has 0 spiro atoms. The van der Waals surface area contributed by atoms with E-state index in [1.165, 1.54) is 12.1 Å². The molecular weight excluding hydrogens is 341 g/mol. The monoisotopic (exact) mass is 367 g/mol. The molecule has 4 heteroatoms. The molecule has 2 aliphatic carbocycles. The standard InChI is InChI=1S/C23H26FNO2/c1-27-23-13-17-12-20(26)8-10-21(17)22(23)9-7-19-6-5-16(14-25-19)15-3-2-4-18(24)11-15/h2-7,9,11,14,17,20-23,26H,8,10,12-13H2,1H3/t17-,20-,21-,22+,23+/m1/s1. The number of nitrogens with zero attached hydrogens (tertiary/aromatic N) is 1. The lowest BCUT2D eigenvalue weighted by Gasteiger charge is -2.31. The second-order valence-corrected chi connectivity index (χ2v) is 7.82. The van der Waals surface area contributed by atoms with Gasteiger partial charge in [0.25, 0.3) is 0 Å². The highest BCUT2D eigenvalue weighted by Gasteiger charge is 2.44. The molecule has 142 valence electrons. The fourth-order valence-electron chi connectivity index (χ4n) is 4.84. The normalized spacial score (nSPS) is 30.6. The molecule has 2 aromatic rings. The third-order valence-electron chi connectivity index (χ3n) is 6.21. The molecule has 1 N–H and O–H groups in total. The van der Waals surface area contributed by atoms with E-state index < -0.39 is 0 Å². The topological polar surface area (TPSA) is 42.4 Å². The summed E-state index contributed by atoms with van der Waals surface area (Å²) in [5.74, 6) is 1.27. The number of hydrogen-bond acceptors (Lipinski definition) is 3. The lowest BCUT2D eigenvalue weighted by atomic mass is 9.76. The number of aliphatic hydroxyl groups is 1. The van der Waals surface area contributed by atoms with Gasteiger partial charge >= 0.3 is 0 Å². The van der Waals surface area contributed by atoms with Gasteiger partial charge < -0.3 is 9.84 Å². The molecule has 1 aromatic heterocycles. The highest BCUT2D eigenvalue weighted by molar-refractivity contribution is 5.63. The number of rotatable bonds is 4. The van der Waals surface area contributed by atoms with Crippen molar-refractivity contribution in [1.82, 2.24) is 4.98 Å². The molecule has 3 nitrogen and oxygen atoms in total. The van der Waals surface area contributed by atoms with Crippen molar-refractivity contribution in [1.29, 1.82) is 0 Å². The molecule has 2 fully saturated rings. The molecule has 1 aromatic carbocycles. The van der Waals surface area contributed by atoms with Gasteiger partial charge in [-0.3, -0.25) is 4.98 Å². The van der Waals surface area contributed by atoms with Gasteiger partial charge in [-0.2, -0.15) is 0 Å². The Bertz CT molecular complexity index is 804. The summed E-state index contributed by atoms with van der Waals surface area (Å²) in [5, 5.41) is 9.95. The molecule has 5 atom stereocenters. The highest BCUT2D eigenvalue weighted by Crippen LogP contribution is 2.47. The summed E-state index contributed by atoms with van der Waals surface area (Å²) in [6, 6.07) is 10.5. The van der Waals surface area contributed by atoms with Crippen LogP contribution < -0.4 is 0 Å². The van der Waals surface area contributed by atoms with Crippen LogP contribution in [0.1, 0.15) is 31.4 Å². The Labute approximate surface area is 159 Å². The van der Waals surface area contributed by atoms with Crippen molar-refractivity contribution in [3.8, 4) is 11.1 Å². The summed E-state index contributed by atoms with van der Waals surface area (Å²) in [7, 11) is 1.78. The molecule has 27 heavy (non-hydrogen) atoms. The Balaban J connectivity index is 1.49. The van der Waals surface area contributed by atoms with Crippen molar-refractivity contribution < 1.29 is 14.2 Å². The van der Waals surface area contributed by atoms with Crippen molar-refractivity contribution in [2.24, 2.45) is 17.8 Å². The molecule has 0 bridgehead atoms. The van der Waals surface area contributed by atoms with Gasteiger partial charge in [0.05, 0.1) is 17.9 Å². The summed E-state index contributed by atoms with van der Waals surface area (Å²) in [4.78, 5) is 4.52. The van der Waals surface area contributed by atoms with E-state index in [2.05, 4.69) is 17.1 Å². The minimum Gasteiger partial charge on any atom is -0.393 e. The molecule has 0 amide bonds. The zero-order valence-corrected chi connectivity index (χ0v) is 15.6. The van der Waals surface area contributed by atoms with Crippen LogP contribution in [0.25, 0.3) is 17.2 Å². The predicted octanol–water partition coefficient (Wildman–Crippen LogP) is 4.71. The smallest absolute Gasteiger partial charge is 0.123 e. The van der Waals surface area contributed by atoms with E-state index in [-0.39, 0.29) is 18.0 Å². The summed E-state index contributed by atoms with van der Waals surface area (Å²) in [6.45, 7) is 0. The average molecular weight is 367 g/mol. The average Bonchev–Trinajstić information content (AvgIpc) is 3.03. The van der Waals surface area contributed by atoms with Gasteiger partial charge in [0, 0.05) is 24.8 Å². The molecule has 0 unspecified atom stereocenters. The summed E-state index contributed by atoms with van der Waals surface area (Å²) in [6.07, 6.45) is 10.0. The van der Waals surface area contributed by atoms with E-state index >= 15 is 0 Å². The molecule has 4 rings (SSSR count). The second kappa shape index (κ2) is 7.91. The lowest BCUT2D eigenvalue weighted by Crippen LogP contribution is -2.27. The predicted molar refractivity (Wildman–Crippen MR) is 104 cm³/mol. The third-order valence-corrected chi connectivity index (χ3v) is 6.21. The Morgan fingerprint density at radius 1 is 1.15 bits per heavy atom. The largest absolute Gasteiger partial charge is 0.393 e. The number of aromatic nitrogens is 1. The maximum Gasteiger partial charge on any atom is 0.123 e. The lowest BCUT2D eigenvalue weighted by molar-refractivity contribution is 0.0699. The summed E-state index contributed by atoms with van der Waals surface area (Å²) < 4.78 is 19.1. The minimum atomic E-state index is -0.240. The maximum absolute atomic E-state index is 13.4. The van der Waals surface area contributed by atoms with Crippen LogP contribution in [0.4, 0.5) is 4.39 Å². The van der Waals surface area contributed by atoms with Crippen LogP contribution in [-0.2, 0) is 4.74 Å². The minimum absolute atomic E-state index is 0.150. The van der Waals surface area contributed by atoms with Crippen LogP contribution in [0.2, 0.25) is 0 Å². The van der Waals surface area contributed by atoms with Crippen LogP contribution in [0, 0.1) is 23.6 Å². The fraction of sp³-hybridized carbons (Fsp3) is 0.435. The molecule has 0 radical (unpaired) electrons. The van der Waals surface area contributed by atoms with Crippen LogP contribution in [0.5, 0.6) is 0 Å². The van der Waals surface area contributed by atoms with E-state index in [1.807, 2.05) is 18.2 Å². The Morgan fingerprint density at radius 2 is 2.04 bits per heavy atom. The first-order valence-corrected chi connectivity index (χ1v) is 9.75. The van der Waals surface area contributed by atoms with Gasteiger partial charge in [-0.1, -0.05) is 24.3 Å². The van der Waals surface area contributed by atoms with Crippen molar-refractivity contribution in [2.45, 2.75) is 37.9 Å². The zero-order chi connectivity index (χ0) is 18.8. The molecular formula is C23H26FNO2. The molecule has 0 aliphatic heterocycles. The SMILES string of the molecule is CO[C@H]1C[C@H]2C[C@H](O)CC[C@H]2[C@@H]1C=Cc1ccc(-c2cccc(F)c2)cn1. The summed E-state index contributed by atoms with van der Waals surface area (Å²) in [5.41, 5.74) is 2.63. The van der Waals surface area contributed by atoms with E-state index in [9.17, 15) is 9.50 Å². The zero-order valence-electron chi connectivity index (χ0n) is 15.6. The van der Waals surface area contributed by atoms with Crippen molar-refractivity contribution in [3.63, 3.8) is 0 Å². The van der Waals surface area contributed by atoms with Crippen molar-refractivity contribution >= 4 is 6.08 Å². The van der Waals surface area contributed by atoms with Gasteiger partial charge in [0.15, 0.2) is 0 Å². The van der Waals surface area contributed by atoms with Gasteiger partial charge in [0.2, 0.25) is 0 Å². The molecule has 0 saturated heterocycles. The van der Waals surface area contributed by atoms with Crippen molar-refractivity contribution in [3.05, 3.63) is 60.2 Å². The Morgan fingerprint density at radius 3 is 2.78 bits per heavy atom. The number of hydrogen-bond donors (Lipinski definition) is 1. The van der Waals surface area contributed by atoms with Crippen LogP contribution in [-0.4, -0.2) is 29.4 Å². The first-order valence-electron chi connectivity index (χ1n) is 9.75. The van der Waals surface area contributed by atoms with Crippen LogP contribution in [0.15, 0.2) is 48.7 Å². The molecule has 2 aliphatic rings. The number of pyridine rings is 1. The van der Waals surface area contributed by atoms with Crippen molar-refractivity contribution in [2.75, 3.05) is 7.11 Å².